The van der Waals surface area contributed by atoms with Crippen LogP contribution in [0.5, 0.6) is 0 Å². The first-order valence-electron chi connectivity index (χ1n) is 2.77. The van der Waals surface area contributed by atoms with E-state index < -0.39 is 0 Å². The smallest absolute Gasteiger partial charge is 0.106 e. The molecule has 0 saturated carbocycles. The minimum absolute atomic E-state index is 0. The molecule has 0 unspecified atom stereocenters. The van der Waals surface area contributed by atoms with Crippen LogP contribution in [-0.4, -0.2) is 14.1 Å². The van der Waals surface area contributed by atoms with E-state index in [9.17, 15) is 0 Å². The van der Waals surface area contributed by atoms with E-state index in [1.165, 1.54) is 11.7 Å². The molecule has 0 atom stereocenters. The Morgan fingerprint density at radius 2 is 1.71 bits per heavy atom. The average molecular weight is 166 g/mol. The third kappa shape index (κ3) is 11.0. The average Bonchev–Trinajstić information content (AvgIpc) is 1.35. The third-order valence-corrected chi connectivity index (χ3v) is 2.60. The van der Waals surface area contributed by atoms with Gasteiger partial charge in [0.15, 0.2) is 0 Å². The predicted octanol–water partition coefficient (Wildman–Crippen LogP) is 2.15. The van der Waals surface area contributed by atoms with Gasteiger partial charge in [-0.2, -0.15) is 0 Å². The summed E-state index contributed by atoms with van der Waals surface area (Å²) in [5.74, 6) is 4.78. The minimum Gasteiger partial charge on any atom is -0.106 e. The molecule has 0 aromatic heterocycles. The molecule has 0 bridgehead atoms. The molecule has 0 rings (SSSR count). The summed E-state index contributed by atoms with van der Waals surface area (Å²) in [5, 5.41) is 1.51. The Morgan fingerprint density at radius 3 is 1.71 bits per heavy atom. The Bertz CT molecular complexity index is 29.3. The molecule has 0 aromatic rings. The van der Waals surface area contributed by atoms with Gasteiger partial charge in [-0.05, 0) is 0 Å². The van der Waals surface area contributed by atoms with Crippen LogP contribution in [0.2, 0.25) is 16.9 Å². The molecule has 0 aliphatic rings. The molecule has 0 aromatic carbocycles. The Labute approximate surface area is 63.8 Å². The fraction of sp³-hybridized carbons (Fsp3) is 1.00. The largest absolute Gasteiger partial charge is 0.255 e. The first-order valence-corrected chi connectivity index (χ1v) is 5.90. The Kier molecular flexibility index (Phi) is 11.3. The second kappa shape index (κ2) is 7.16. The SMILES string of the molecule is CC[CH2][Al]([CH3])[CH3].[Zn]. The van der Waals surface area contributed by atoms with Crippen LogP contribution in [0.3, 0.4) is 0 Å². The van der Waals surface area contributed by atoms with Crippen molar-refractivity contribution in [3.05, 3.63) is 0 Å². The van der Waals surface area contributed by atoms with Gasteiger partial charge in [0.05, 0.1) is 0 Å². The van der Waals surface area contributed by atoms with Crippen molar-refractivity contribution < 1.29 is 19.5 Å². The summed E-state index contributed by atoms with van der Waals surface area (Å²) in [6, 6.07) is 0. The van der Waals surface area contributed by atoms with Gasteiger partial charge in [-0.25, -0.2) is 0 Å². The fourth-order valence-corrected chi connectivity index (χ4v) is 1.73. The van der Waals surface area contributed by atoms with Crippen molar-refractivity contribution in [2.24, 2.45) is 0 Å². The molecular weight excluding hydrogens is 152 g/mol. The quantitative estimate of drug-likeness (QED) is 0.550. The second-order valence-corrected chi connectivity index (χ2v) is 5.55. The predicted molar refractivity (Wildman–Crippen MR) is 32.6 cm³/mol. The summed E-state index contributed by atoms with van der Waals surface area (Å²) >= 11 is -0.171. The van der Waals surface area contributed by atoms with Crippen LogP contribution in [0.25, 0.3) is 0 Å². The van der Waals surface area contributed by atoms with Crippen LogP contribution < -0.4 is 0 Å². The number of rotatable bonds is 2. The van der Waals surface area contributed by atoms with Crippen molar-refractivity contribution in [1.29, 1.82) is 0 Å². The van der Waals surface area contributed by atoms with Crippen molar-refractivity contribution >= 4 is 14.1 Å². The van der Waals surface area contributed by atoms with Crippen molar-refractivity contribution in [3.8, 4) is 0 Å². The molecule has 0 amide bonds. The van der Waals surface area contributed by atoms with Gasteiger partial charge in [0, 0.05) is 19.5 Å². The van der Waals surface area contributed by atoms with Gasteiger partial charge in [-0.15, -0.1) is 11.6 Å². The molecule has 38 valence electrons. The van der Waals surface area contributed by atoms with E-state index in [4.69, 9.17) is 0 Å². The van der Waals surface area contributed by atoms with Crippen molar-refractivity contribution in [2.75, 3.05) is 0 Å². The molecule has 2 heteroatoms. The van der Waals surface area contributed by atoms with Crippen LogP contribution in [-0.2, 0) is 19.5 Å². The van der Waals surface area contributed by atoms with E-state index in [0.717, 1.165) is 0 Å². The zero-order chi connectivity index (χ0) is 4.99. The molecule has 0 fully saturated rings. The maximum atomic E-state index is 2.39. The Balaban J connectivity index is 0. The van der Waals surface area contributed by atoms with E-state index in [1.54, 1.807) is 0 Å². The molecule has 0 heterocycles. The van der Waals surface area contributed by atoms with Gasteiger partial charge < -0.3 is 0 Å². The summed E-state index contributed by atoms with van der Waals surface area (Å²) in [6.45, 7) is 2.26. The Hall–Kier alpha value is 1.16. The summed E-state index contributed by atoms with van der Waals surface area (Å²) < 4.78 is 0. The topological polar surface area (TPSA) is 0 Å². The Morgan fingerprint density at radius 1 is 1.29 bits per heavy atom. The van der Waals surface area contributed by atoms with Crippen molar-refractivity contribution in [1.82, 2.24) is 0 Å². The van der Waals surface area contributed by atoms with Gasteiger partial charge in [-0.3, -0.25) is 0 Å². The van der Waals surface area contributed by atoms with Crippen molar-refractivity contribution in [3.63, 3.8) is 0 Å². The summed E-state index contributed by atoms with van der Waals surface area (Å²) in [5.41, 5.74) is 0. The molecule has 0 spiro atoms. The number of hydrogen-bond acceptors (Lipinski definition) is 0. The molecule has 7 heavy (non-hydrogen) atoms. The summed E-state index contributed by atoms with van der Waals surface area (Å²) in [6.07, 6.45) is 1.39. The van der Waals surface area contributed by atoms with E-state index in [2.05, 4.69) is 18.5 Å². The van der Waals surface area contributed by atoms with Crippen LogP contribution in [0, 0.1) is 0 Å². The van der Waals surface area contributed by atoms with Crippen LogP contribution >= 0.6 is 0 Å². The summed E-state index contributed by atoms with van der Waals surface area (Å²) in [4.78, 5) is 0. The van der Waals surface area contributed by atoms with E-state index in [1.807, 2.05) is 0 Å². The fourth-order valence-electron chi connectivity index (χ4n) is 0.577. The van der Waals surface area contributed by atoms with Crippen molar-refractivity contribution in [2.45, 2.75) is 30.2 Å². The minimum atomic E-state index is -0.171. The third-order valence-electron chi connectivity index (χ3n) is 0.866. The van der Waals surface area contributed by atoms with Crippen LogP contribution in [0.4, 0.5) is 0 Å². The molecule has 0 aliphatic carbocycles. The first kappa shape index (κ1) is 11.0. The first-order chi connectivity index (χ1) is 2.77. The zero-order valence-electron chi connectivity index (χ0n) is 5.70. The summed E-state index contributed by atoms with van der Waals surface area (Å²) in [7, 11) is 0. The standard InChI is InChI=1S/C3H7.2CH3.Al.Zn/c1-3-2;;;;/h1,3H2,2H3;2*1H3;;. The van der Waals surface area contributed by atoms with E-state index >= 15 is 0 Å². The molecule has 0 nitrogen and oxygen atoms in total. The van der Waals surface area contributed by atoms with Crippen LogP contribution in [0.1, 0.15) is 13.3 Å². The van der Waals surface area contributed by atoms with Gasteiger partial charge >= 0.3 is 0 Å². The maximum Gasteiger partial charge on any atom is 0.255 e. The van der Waals surface area contributed by atoms with Crippen LogP contribution in [0.15, 0.2) is 0 Å². The molecule has 0 radical (unpaired) electrons. The molecule has 0 aliphatic heterocycles. The van der Waals surface area contributed by atoms with Gasteiger partial charge in [0.2, 0.25) is 0 Å². The second-order valence-electron chi connectivity index (χ2n) is 2.18. The maximum absolute atomic E-state index is 2.39. The monoisotopic (exact) mass is 164 g/mol. The van der Waals surface area contributed by atoms with Gasteiger partial charge in [-0.1, -0.05) is 18.6 Å². The normalized spacial score (nSPS) is 7.29. The van der Waals surface area contributed by atoms with Gasteiger partial charge in [0.25, 0.3) is 14.1 Å². The van der Waals surface area contributed by atoms with Gasteiger partial charge in [0.1, 0.15) is 0 Å². The molecular formula is C5H13AlZn. The molecule has 0 N–H and O–H groups in total. The van der Waals surface area contributed by atoms with E-state index in [0.29, 0.717) is 0 Å². The zero-order valence-corrected chi connectivity index (χ0v) is 9.82. The number of hydrogen-bond donors (Lipinski definition) is 0. The molecule has 0 saturated heterocycles. The van der Waals surface area contributed by atoms with E-state index in [-0.39, 0.29) is 33.6 Å².